The summed E-state index contributed by atoms with van der Waals surface area (Å²) in [4.78, 5) is 25.1. The first-order valence-electron chi connectivity index (χ1n) is 8.74. The van der Waals surface area contributed by atoms with Crippen LogP contribution in [0.15, 0.2) is 10.6 Å². The molecule has 3 saturated carbocycles. The zero-order valence-corrected chi connectivity index (χ0v) is 13.3. The Morgan fingerprint density at radius 3 is 2.61 bits per heavy atom. The van der Waals surface area contributed by atoms with E-state index in [0.29, 0.717) is 24.7 Å². The molecule has 4 rings (SSSR count). The topological polar surface area (TPSA) is 84.2 Å². The second-order valence-electron chi connectivity index (χ2n) is 7.29. The molecule has 3 aliphatic carbocycles. The van der Waals surface area contributed by atoms with Gasteiger partial charge in [-0.05, 0) is 44.4 Å². The molecular formula is C17H23N3O3. The van der Waals surface area contributed by atoms with Gasteiger partial charge in [-0.25, -0.2) is 0 Å². The molecule has 0 saturated heterocycles. The Bertz CT molecular complexity index is 610. The largest absolute Gasteiger partial charge is 0.360 e. The van der Waals surface area contributed by atoms with E-state index in [1.54, 1.807) is 6.07 Å². The smallest absolute Gasteiger partial charge is 0.274 e. The zero-order chi connectivity index (χ0) is 15.9. The number of amides is 2. The monoisotopic (exact) mass is 317 g/mol. The number of aromatic nitrogens is 1. The molecule has 124 valence electrons. The third-order valence-corrected chi connectivity index (χ3v) is 5.23. The Kier molecular flexibility index (Phi) is 3.62. The molecule has 2 amide bonds. The van der Waals surface area contributed by atoms with Crippen molar-refractivity contribution in [2.24, 2.45) is 5.92 Å². The van der Waals surface area contributed by atoms with E-state index in [4.69, 9.17) is 4.52 Å². The summed E-state index contributed by atoms with van der Waals surface area (Å²) in [5, 5.41) is 9.85. The lowest BCUT2D eigenvalue weighted by molar-refractivity contribution is -0.127. The third kappa shape index (κ3) is 3.12. The molecule has 1 aromatic heterocycles. The van der Waals surface area contributed by atoms with Crippen molar-refractivity contribution in [3.63, 3.8) is 0 Å². The summed E-state index contributed by atoms with van der Waals surface area (Å²) in [6.07, 6.45) is 7.91. The highest BCUT2D eigenvalue weighted by atomic mass is 16.5. The normalized spacial score (nSPS) is 22.8. The highest BCUT2D eigenvalue weighted by molar-refractivity contribution is 5.98. The summed E-state index contributed by atoms with van der Waals surface area (Å²) in [5.74, 6) is 1.50. The fraction of sp³-hybridized carbons (Fsp3) is 0.706. The number of rotatable bonds is 6. The maximum Gasteiger partial charge on any atom is 0.274 e. The summed E-state index contributed by atoms with van der Waals surface area (Å²) in [6, 6.07) is 1.72. The van der Waals surface area contributed by atoms with Crippen LogP contribution in [0.3, 0.4) is 0 Å². The number of nitrogens with one attached hydrogen (secondary N) is 2. The van der Waals surface area contributed by atoms with Gasteiger partial charge in [0.1, 0.15) is 11.3 Å². The Morgan fingerprint density at radius 1 is 1.22 bits per heavy atom. The highest BCUT2D eigenvalue weighted by Gasteiger charge is 2.43. The van der Waals surface area contributed by atoms with Gasteiger partial charge in [-0.1, -0.05) is 18.0 Å². The molecule has 0 aliphatic heterocycles. The van der Waals surface area contributed by atoms with Crippen LogP contribution in [0.5, 0.6) is 0 Å². The molecule has 3 fully saturated rings. The molecule has 3 aliphatic rings. The zero-order valence-electron chi connectivity index (χ0n) is 13.3. The van der Waals surface area contributed by atoms with Gasteiger partial charge in [0.25, 0.3) is 5.91 Å². The molecule has 0 bridgehead atoms. The Morgan fingerprint density at radius 2 is 1.96 bits per heavy atom. The highest BCUT2D eigenvalue weighted by Crippen LogP contribution is 2.40. The van der Waals surface area contributed by atoms with Gasteiger partial charge in [0.2, 0.25) is 5.91 Å². The fourth-order valence-electron chi connectivity index (χ4n) is 3.35. The van der Waals surface area contributed by atoms with Crippen LogP contribution in [0.4, 0.5) is 0 Å². The molecular weight excluding hydrogens is 294 g/mol. The molecule has 6 heteroatoms. The Hall–Kier alpha value is -1.85. The summed E-state index contributed by atoms with van der Waals surface area (Å²) < 4.78 is 5.24. The predicted octanol–water partition coefficient (Wildman–Crippen LogP) is 2.12. The van der Waals surface area contributed by atoms with Crippen molar-refractivity contribution in [3.05, 3.63) is 17.5 Å². The lowest BCUT2D eigenvalue weighted by Crippen LogP contribution is -2.57. The molecule has 0 radical (unpaired) electrons. The van der Waals surface area contributed by atoms with Crippen molar-refractivity contribution in [2.75, 3.05) is 6.54 Å². The van der Waals surface area contributed by atoms with Gasteiger partial charge in [-0.15, -0.1) is 0 Å². The second-order valence-corrected chi connectivity index (χ2v) is 7.29. The minimum Gasteiger partial charge on any atom is -0.360 e. The van der Waals surface area contributed by atoms with Crippen LogP contribution in [0.1, 0.15) is 73.5 Å². The summed E-state index contributed by atoms with van der Waals surface area (Å²) in [5.41, 5.74) is -0.488. The van der Waals surface area contributed by atoms with Crippen LogP contribution >= 0.6 is 0 Å². The van der Waals surface area contributed by atoms with Crippen molar-refractivity contribution >= 4 is 11.8 Å². The molecule has 6 nitrogen and oxygen atoms in total. The molecule has 0 aromatic carbocycles. The maximum atomic E-state index is 12.6. The van der Waals surface area contributed by atoms with E-state index < -0.39 is 5.54 Å². The molecule has 2 N–H and O–H groups in total. The van der Waals surface area contributed by atoms with E-state index in [0.717, 1.165) is 38.0 Å². The van der Waals surface area contributed by atoms with Crippen molar-refractivity contribution in [1.29, 1.82) is 0 Å². The average molecular weight is 317 g/mol. The molecule has 0 atom stereocenters. The molecule has 0 unspecified atom stereocenters. The van der Waals surface area contributed by atoms with Crippen LogP contribution in [0.2, 0.25) is 0 Å². The fourth-order valence-corrected chi connectivity index (χ4v) is 3.35. The van der Waals surface area contributed by atoms with E-state index in [-0.39, 0.29) is 17.5 Å². The predicted molar refractivity (Wildman–Crippen MR) is 82.9 cm³/mol. The van der Waals surface area contributed by atoms with Gasteiger partial charge in [-0.3, -0.25) is 9.59 Å². The number of nitrogens with zero attached hydrogens (tertiary/aromatic N) is 1. The number of hydrogen-bond donors (Lipinski definition) is 2. The minimum atomic E-state index is -0.773. The summed E-state index contributed by atoms with van der Waals surface area (Å²) >= 11 is 0. The van der Waals surface area contributed by atoms with E-state index in [1.165, 1.54) is 12.8 Å². The van der Waals surface area contributed by atoms with Gasteiger partial charge in [0, 0.05) is 18.5 Å². The number of hydrogen-bond acceptors (Lipinski definition) is 4. The van der Waals surface area contributed by atoms with Crippen LogP contribution < -0.4 is 10.6 Å². The Labute approximate surface area is 135 Å². The lowest BCUT2D eigenvalue weighted by atomic mass is 9.95. The van der Waals surface area contributed by atoms with Gasteiger partial charge in [0.05, 0.1) is 0 Å². The molecule has 0 spiro atoms. The van der Waals surface area contributed by atoms with Crippen LogP contribution in [-0.2, 0) is 4.79 Å². The van der Waals surface area contributed by atoms with E-state index >= 15 is 0 Å². The maximum absolute atomic E-state index is 12.6. The second kappa shape index (κ2) is 5.65. The summed E-state index contributed by atoms with van der Waals surface area (Å²) in [6.45, 7) is 0.728. The van der Waals surface area contributed by atoms with Crippen LogP contribution in [0, 0.1) is 5.92 Å². The standard InChI is InChI=1S/C17H23N3O3/c21-15(13-9-14(23-20-13)12-5-6-12)19-17(7-1-2-8-17)16(22)18-10-11-3-4-11/h9,11-12H,1-8,10H2,(H,18,22)(H,19,21). The van der Waals surface area contributed by atoms with E-state index in [1.807, 2.05) is 0 Å². The van der Waals surface area contributed by atoms with Gasteiger partial charge >= 0.3 is 0 Å². The van der Waals surface area contributed by atoms with Crippen molar-refractivity contribution < 1.29 is 14.1 Å². The van der Waals surface area contributed by atoms with Gasteiger partial charge < -0.3 is 15.2 Å². The van der Waals surface area contributed by atoms with Crippen molar-refractivity contribution in [3.8, 4) is 0 Å². The van der Waals surface area contributed by atoms with Gasteiger partial charge in [0.15, 0.2) is 5.69 Å². The SMILES string of the molecule is O=C(NC1(C(=O)NCC2CC2)CCCC1)c1cc(C2CC2)on1. The first-order valence-corrected chi connectivity index (χ1v) is 8.74. The van der Waals surface area contributed by atoms with Crippen LogP contribution in [0.25, 0.3) is 0 Å². The number of carbonyl (C=O) groups is 2. The van der Waals surface area contributed by atoms with Crippen molar-refractivity contribution in [1.82, 2.24) is 15.8 Å². The first-order chi connectivity index (χ1) is 11.2. The third-order valence-electron chi connectivity index (χ3n) is 5.23. The lowest BCUT2D eigenvalue weighted by Gasteiger charge is -2.28. The molecule has 1 aromatic rings. The van der Waals surface area contributed by atoms with Crippen LogP contribution in [-0.4, -0.2) is 29.1 Å². The summed E-state index contributed by atoms with van der Waals surface area (Å²) in [7, 11) is 0. The number of carbonyl (C=O) groups excluding carboxylic acids is 2. The quantitative estimate of drug-likeness (QED) is 0.841. The van der Waals surface area contributed by atoms with Gasteiger partial charge in [-0.2, -0.15) is 0 Å². The minimum absolute atomic E-state index is 0.0406. The molecule has 23 heavy (non-hydrogen) atoms. The van der Waals surface area contributed by atoms with E-state index in [2.05, 4.69) is 15.8 Å². The average Bonchev–Trinajstić information content (AvgIpc) is 3.47. The van der Waals surface area contributed by atoms with Crippen molar-refractivity contribution in [2.45, 2.75) is 62.8 Å². The molecule has 1 heterocycles. The Balaban J connectivity index is 1.43. The van der Waals surface area contributed by atoms with E-state index in [9.17, 15) is 9.59 Å². The first kappa shape index (κ1) is 14.7.